The van der Waals surface area contributed by atoms with E-state index in [1.165, 1.54) is 10.7 Å². The van der Waals surface area contributed by atoms with E-state index in [0.29, 0.717) is 5.56 Å². The van der Waals surface area contributed by atoms with E-state index in [1.54, 1.807) is 0 Å². The van der Waals surface area contributed by atoms with E-state index in [-0.39, 0.29) is 27.8 Å². The number of aromatic nitrogens is 3. The number of nitriles is 1. The van der Waals surface area contributed by atoms with Crippen LogP contribution in [0, 0.1) is 11.3 Å². The van der Waals surface area contributed by atoms with Crippen LogP contribution in [0.3, 0.4) is 0 Å². The lowest BCUT2D eigenvalue weighted by Crippen LogP contribution is -2.22. The Labute approximate surface area is 125 Å². The van der Waals surface area contributed by atoms with Crippen molar-refractivity contribution in [1.29, 1.82) is 5.26 Å². The quantitative estimate of drug-likeness (QED) is 0.739. The molecular formula is C15H11ClN4O. The van der Waals surface area contributed by atoms with Gasteiger partial charge in [-0.2, -0.15) is 9.78 Å². The molecule has 0 spiro atoms. The highest BCUT2D eigenvalue weighted by Crippen LogP contribution is 2.26. The van der Waals surface area contributed by atoms with Crippen molar-refractivity contribution in [2.75, 3.05) is 0 Å². The van der Waals surface area contributed by atoms with Gasteiger partial charge in [0, 0.05) is 12.1 Å². The molecule has 0 aliphatic heterocycles. The second-order valence-corrected chi connectivity index (χ2v) is 5.07. The molecule has 3 rings (SSSR count). The molecule has 3 aromatic rings. The Morgan fingerprint density at radius 2 is 2.10 bits per heavy atom. The van der Waals surface area contributed by atoms with Gasteiger partial charge in [-0.1, -0.05) is 48.9 Å². The lowest BCUT2D eigenvalue weighted by atomic mass is 9.95. The van der Waals surface area contributed by atoms with Crippen molar-refractivity contribution >= 4 is 17.2 Å². The maximum absolute atomic E-state index is 12.6. The van der Waals surface area contributed by atoms with Crippen LogP contribution in [0.1, 0.15) is 29.5 Å². The summed E-state index contributed by atoms with van der Waals surface area (Å²) in [5.74, 6) is -0.190. The van der Waals surface area contributed by atoms with Crippen molar-refractivity contribution in [2.45, 2.75) is 12.8 Å². The van der Waals surface area contributed by atoms with Crippen LogP contribution in [0.5, 0.6) is 0 Å². The van der Waals surface area contributed by atoms with Crippen molar-refractivity contribution < 1.29 is 0 Å². The lowest BCUT2D eigenvalue weighted by Gasteiger charge is -2.12. The fourth-order valence-electron chi connectivity index (χ4n) is 2.36. The van der Waals surface area contributed by atoms with Crippen LogP contribution in [0.15, 0.2) is 41.3 Å². The molecule has 1 N–H and O–H groups in total. The molecule has 21 heavy (non-hydrogen) atoms. The maximum atomic E-state index is 12.6. The second-order valence-electron chi connectivity index (χ2n) is 4.71. The summed E-state index contributed by atoms with van der Waals surface area (Å²) in [6, 6.07) is 11.6. The van der Waals surface area contributed by atoms with E-state index in [4.69, 9.17) is 16.9 Å². The number of H-pyrrole nitrogens is 1. The fourth-order valence-corrected chi connectivity index (χ4v) is 2.68. The molecule has 0 aliphatic rings. The van der Waals surface area contributed by atoms with Crippen LogP contribution < -0.4 is 5.56 Å². The number of aromatic amines is 1. The monoisotopic (exact) mass is 298 g/mol. The first-order chi connectivity index (χ1) is 10.1. The van der Waals surface area contributed by atoms with Gasteiger partial charge in [-0.3, -0.25) is 9.89 Å². The minimum absolute atomic E-state index is 0.132. The van der Waals surface area contributed by atoms with Crippen molar-refractivity contribution in [2.24, 2.45) is 0 Å². The van der Waals surface area contributed by atoms with Crippen molar-refractivity contribution in [3.8, 4) is 6.07 Å². The fraction of sp³-hybridized carbons (Fsp3) is 0.133. The van der Waals surface area contributed by atoms with Gasteiger partial charge >= 0.3 is 0 Å². The predicted molar refractivity (Wildman–Crippen MR) is 79.5 cm³/mol. The topological polar surface area (TPSA) is 73.9 Å². The van der Waals surface area contributed by atoms with E-state index in [9.17, 15) is 4.79 Å². The SMILES string of the molecule is CC(c1ccccc1)c1c(Cl)nc2c(C#N)c[nH]n2c1=O. The van der Waals surface area contributed by atoms with Crippen LogP contribution in [-0.4, -0.2) is 14.6 Å². The largest absolute Gasteiger partial charge is 0.295 e. The molecule has 0 bridgehead atoms. The Morgan fingerprint density at radius 1 is 1.38 bits per heavy atom. The van der Waals surface area contributed by atoms with Gasteiger partial charge in [0.1, 0.15) is 16.8 Å². The summed E-state index contributed by atoms with van der Waals surface area (Å²) < 4.78 is 1.25. The zero-order valence-electron chi connectivity index (χ0n) is 11.2. The van der Waals surface area contributed by atoms with Gasteiger partial charge in [-0.25, -0.2) is 4.98 Å². The molecule has 0 fully saturated rings. The van der Waals surface area contributed by atoms with Crippen molar-refractivity contribution in [1.82, 2.24) is 14.6 Å². The number of halogens is 1. The molecular weight excluding hydrogens is 288 g/mol. The molecule has 0 amide bonds. The molecule has 2 aromatic heterocycles. The Morgan fingerprint density at radius 3 is 2.76 bits per heavy atom. The minimum Gasteiger partial charge on any atom is -0.295 e. The summed E-state index contributed by atoms with van der Waals surface area (Å²) in [5, 5.41) is 11.9. The zero-order valence-corrected chi connectivity index (χ0v) is 11.9. The summed E-state index contributed by atoms with van der Waals surface area (Å²) in [7, 11) is 0. The van der Waals surface area contributed by atoms with E-state index in [2.05, 4.69) is 10.1 Å². The molecule has 5 nitrogen and oxygen atoms in total. The molecule has 0 saturated carbocycles. The van der Waals surface area contributed by atoms with E-state index in [1.807, 2.05) is 43.3 Å². The van der Waals surface area contributed by atoms with Gasteiger partial charge in [-0.05, 0) is 5.56 Å². The summed E-state index contributed by atoms with van der Waals surface area (Å²) in [6.07, 6.45) is 1.44. The molecule has 2 heterocycles. The van der Waals surface area contributed by atoms with Gasteiger partial charge in [0.2, 0.25) is 0 Å². The first-order valence-corrected chi connectivity index (χ1v) is 6.76. The second kappa shape index (κ2) is 5.08. The Hall–Kier alpha value is -2.58. The third kappa shape index (κ3) is 2.10. The molecule has 104 valence electrons. The van der Waals surface area contributed by atoms with Crippen molar-refractivity contribution in [3.63, 3.8) is 0 Å². The van der Waals surface area contributed by atoms with Crippen molar-refractivity contribution in [3.05, 3.63) is 68.7 Å². The molecule has 0 saturated heterocycles. The smallest absolute Gasteiger partial charge is 0.278 e. The minimum atomic E-state index is -0.289. The lowest BCUT2D eigenvalue weighted by molar-refractivity contribution is 0.822. The highest BCUT2D eigenvalue weighted by Gasteiger charge is 2.20. The van der Waals surface area contributed by atoms with Crippen LogP contribution in [0.4, 0.5) is 0 Å². The number of hydrogen-bond acceptors (Lipinski definition) is 3. The molecule has 6 heteroatoms. The average molecular weight is 299 g/mol. The third-order valence-corrected chi connectivity index (χ3v) is 3.79. The Balaban J connectivity index is 2.25. The first-order valence-electron chi connectivity index (χ1n) is 6.38. The number of hydrogen-bond donors (Lipinski definition) is 1. The molecule has 0 radical (unpaired) electrons. The first kappa shape index (κ1) is 13.4. The van der Waals surface area contributed by atoms with Crippen LogP contribution >= 0.6 is 11.6 Å². The Kier molecular flexibility index (Phi) is 3.24. The summed E-state index contributed by atoms with van der Waals surface area (Å²) in [5.41, 5.74) is 1.63. The van der Waals surface area contributed by atoms with E-state index < -0.39 is 0 Å². The summed E-state index contributed by atoms with van der Waals surface area (Å²) in [6.45, 7) is 1.90. The standard InChI is InChI=1S/C15H11ClN4O/c1-9(10-5-3-2-4-6-10)12-13(16)19-14-11(7-17)8-18-20(14)15(12)21/h2-6,8-9,18H,1H3. The van der Waals surface area contributed by atoms with E-state index in [0.717, 1.165) is 5.56 Å². The normalized spacial score (nSPS) is 12.2. The highest BCUT2D eigenvalue weighted by molar-refractivity contribution is 6.30. The van der Waals surface area contributed by atoms with Crippen LogP contribution in [0.25, 0.3) is 5.65 Å². The highest BCUT2D eigenvalue weighted by atomic mass is 35.5. The Bertz CT molecular complexity index is 905. The van der Waals surface area contributed by atoms with Crippen LogP contribution in [0.2, 0.25) is 5.15 Å². The molecule has 1 atom stereocenters. The maximum Gasteiger partial charge on any atom is 0.278 e. The number of nitrogens with zero attached hydrogens (tertiary/aromatic N) is 3. The van der Waals surface area contributed by atoms with Gasteiger partial charge in [0.25, 0.3) is 5.56 Å². The van der Waals surface area contributed by atoms with Gasteiger partial charge in [0.05, 0.1) is 5.56 Å². The molecule has 1 aromatic carbocycles. The van der Waals surface area contributed by atoms with Crippen LogP contribution in [-0.2, 0) is 0 Å². The third-order valence-electron chi connectivity index (χ3n) is 3.50. The number of benzene rings is 1. The summed E-state index contributed by atoms with van der Waals surface area (Å²) in [4.78, 5) is 16.8. The predicted octanol–water partition coefficient (Wildman–Crippen LogP) is 2.70. The van der Waals surface area contributed by atoms with Gasteiger partial charge in [0.15, 0.2) is 5.65 Å². The number of fused-ring (bicyclic) bond motifs is 1. The average Bonchev–Trinajstić information content (AvgIpc) is 2.91. The molecule has 0 aliphatic carbocycles. The molecule has 1 unspecified atom stereocenters. The number of rotatable bonds is 2. The number of nitrogens with one attached hydrogen (secondary N) is 1. The van der Waals surface area contributed by atoms with Gasteiger partial charge in [-0.15, -0.1) is 0 Å². The van der Waals surface area contributed by atoms with E-state index >= 15 is 0 Å². The van der Waals surface area contributed by atoms with Gasteiger partial charge < -0.3 is 0 Å². The summed E-state index contributed by atoms with van der Waals surface area (Å²) >= 11 is 6.19. The zero-order chi connectivity index (χ0) is 15.0.